The van der Waals surface area contributed by atoms with Crippen LogP contribution in [0.3, 0.4) is 0 Å². The second-order valence-corrected chi connectivity index (χ2v) is 4.06. The average Bonchev–Trinajstić information content (AvgIpc) is 2.64. The van der Waals surface area contributed by atoms with Gasteiger partial charge in [0.1, 0.15) is 0 Å². The summed E-state index contributed by atoms with van der Waals surface area (Å²) < 4.78 is 10.4. The minimum Gasteiger partial charge on any atom is -0.481 e. The van der Waals surface area contributed by atoms with Gasteiger partial charge in [-0.2, -0.15) is 0 Å². The summed E-state index contributed by atoms with van der Waals surface area (Å²) in [5, 5.41) is 8.48. The number of thioether (sulfide) groups is 1. The Kier molecular flexibility index (Phi) is 3.01. The van der Waals surface area contributed by atoms with Crippen LogP contribution in [0.1, 0.15) is 5.56 Å². The predicted molar refractivity (Wildman–Crippen MR) is 56.4 cm³/mol. The van der Waals surface area contributed by atoms with Gasteiger partial charge in [0, 0.05) is 5.75 Å². The minimum atomic E-state index is -0.791. The van der Waals surface area contributed by atoms with Crippen molar-refractivity contribution >= 4 is 17.7 Å². The number of hydrogen-bond donors (Lipinski definition) is 1. The van der Waals surface area contributed by atoms with E-state index in [0.29, 0.717) is 5.75 Å². The number of fused-ring (bicyclic) bond motifs is 1. The number of hydrogen-bond acceptors (Lipinski definition) is 4. The van der Waals surface area contributed by atoms with Crippen LogP contribution in [0.5, 0.6) is 11.5 Å². The molecule has 0 saturated heterocycles. The summed E-state index contributed by atoms with van der Waals surface area (Å²) in [6.07, 6.45) is 0. The third-order valence-electron chi connectivity index (χ3n) is 1.93. The third-order valence-corrected chi connectivity index (χ3v) is 2.92. The van der Waals surface area contributed by atoms with E-state index in [2.05, 4.69) is 0 Å². The molecule has 4 nitrogen and oxygen atoms in total. The number of carbonyl (C=O) groups is 1. The molecule has 1 aliphatic rings. The van der Waals surface area contributed by atoms with Gasteiger partial charge in [-0.25, -0.2) is 0 Å². The zero-order valence-electron chi connectivity index (χ0n) is 7.93. The maximum Gasteiger partial charge on any atom is 0.313 e. The van der Waals surface area contributed by atoms with E-state index in [9.17, 15) is 4.79 Å². The standard InChI is InChI=1S/C10H10O4S/c11-10(12)5-15-4-7-1-2-8-9(3-7)14-6-13-8/h1-3H,4-6H2,(H,11,12). The first kappa shape index (κ1) is 10.2. The van der Waals surface area contributed by atoms with E-state index in [4.69, 9.17) is 14.6 Å². The highest BCUT2D eigenvalue weighted by atomic mass is 32.2. The van der Waals surface area contributed by atoms with Crippen LogP contribution < -0.4 is 9.47 Å². The van der Waals surface area contributed by atoms with Gasteiger partial charge in [-0.1, -0.05) is 6.07 Å². The minimum absolute atomic E-state index is 0.119. The zero-order chi connectivity index (χ0) is 10.7. The maximum absolute atomic E-state index is 10.3. The molecule has 15 heavy (non-hydrogen) atoms. The molecule has 1 aliphatic heterocycles. The van der Waals surface area contributed by atoms with Crippen molar-refractivity contribution in [3.05, 3.63) is 23.8 Å². The lowest BCUT2D eigenvalue weighted by atomic mass is 10.2. The predicted octanol–water partition coefficient (Wildman–Crippen LogP) is 1.73. The van der Waals surface area contributed by atoms with Crippen LogP contribution in [0.25, 0.3) is 0 Å². The number of carboxylic acid groups (broad SMARTS) is 1. The smallest absolute Gasteiger partial charge is 0.313 e. The quantitative estimate of drug-likeness (QED) is 0.847. The molecule has 1 heterocycles. The number of benzene rings is 1. The highest BCUT2D eigenvalue weighted by Gasteiger charge is 2.13. The second-order valence-electron chi connectivity index (χ2n) is 3.07. The van der Waals surface area contributed by atoms with Gasteiger partial charge in [0.15, 0.2) is 11.5 Å². The van der Waals surface area contributed by atoms with Crippen molar-refractivity contribution in [1.29, 1.82) is 0 Å². The topological polar surface area (TPSA) is 55.8 Å². The zero-order valence-corrected chi connectivity index (χ0v) is 8.75. The third kappa shape index (κ3) is 2.56. The van der Waals surface area contributed by atoms with Crippen LogP contribution in [0.2, 0.25) is 0 Å². The molecule has 80 valence electrons. The molecule has 1 aromatic carbocycles. The van der Waals surface area contributed by atoms with Crippen molar-refractivity contribution in [3.63, 3.8) is 0 Å². The summed E-state index contributed by atoms with van der Waals surface area (Å²) >= 11 is 1.36. The number of carboxylic acids is 1. The number of aliphatic carboxylic acids is 1. The van der Waals surface area contributed by atoms with Crippen molar-refractivity contribution in [1.82, 2.24) is 0 Å². The fourth-order valence-corrected chi connectivity index (χ4v) is 1.98. The first-order chi connectivity index (χ1) is 7.25. The van der Waals surface area contributed by atoms with E-state index in [0.717, 1.165) is 17.1 Å². The molecule has 0 aliphatic carbocycles. The molecule has 0 spiro atoms. The SMILES string of the molecule is O=C(O)CSCc1ccc2c(c1)OCO2. The Morgan fingerprint density at radius 2 is 2.20 bits per heavy atom. The molecular weight excluding hydrogens is 216 g/mol. The van der Waals surface area contributed by atoms with Crippen molar-refractivity contribution in [2.75, 3.05) is 12.5 Å². The molecule has 0 fully saturated rings. The van der Waals surface area contributed by atoms with Crippen LogP contribution in [0.15, 0.2) is 18.2 Å². The van der Waals surface area contributed by atoms with Gasteiger partial charge in [-0.05, 0) is 17.7 Å². The van der Waals surface area contributed by atoms with E-state index in [1.807, 2.05) is 18.2 Å². The fraction of sp³-hybridized carbons (Fsp3) is 0.300. The molecule has 1 N–H and O–H groups in total. The van der Waals surface area contributed by atoms with Gasteiger partial charge in [-0.3, -0.25) is 4.79 Å². The molecule has 5 heteroatoms. The van der Waals surface area contributed by atoms with Crippen molar-refractivity contribution in [2.45, 2.75) is 5.75 Å². The summed E-state index contributed by atoms with van der Waals surface area (Å²) in [6, 6.07) is 5.65. The second kappa shape index (κ2) is 4.44. The molecule has 2 rings (SSSR count). The van der Waals surface area contributed by atoms with Crippen LogP contribution in [0.4, 0.5) is 0 Å². The van der Waals surface area contributed by atoms with Gasteiger partial charge in [-0.15, -0.1) is 11.8 Å². The van der Waals surface area contributed by atoms with E-state index in [1.165, 1.54) is 11.8 Å². The van der Waals surface area contributed by atoms with E-state index in [-0.39, 0.29) is 12.5 Å². The van der Waals surface area contributed by atoms with Crippen molar-refractivity contribution in [3.8, 4) is 11.5 Å². The van der Waals surface area contributed by atoms with Crippen LogP contribution in [-0.2, 0) is 10.5 Å². The molecule has 0 bridgehead atoms. The number of rotatable bonds is 4. The Labute approximate surface area is 91.2 Å². The Bertz CT molecular complexity index is 378. The molecule has 0 unspecified atom stereocenters. The Morgan fingerprint density at radius 1 is 1.40 bits per heavy atom. The monoisotopic (exact) mass is 226 g/mol. The van der Waals surface area contributed by atoms with Crippen molar-refractivity contribution < 1.29 is 19.4 Å². The summed E-state index contributed by atoms with van der Waals surface area (Å²) in [7, 11) is 0. The molecule has 0 radical (unpaired) electrons. The summed E-state index contributed by atoms with van der Waals surface area (Å²) in [6.45, 7) is 0.265. The lowest BCUT2D eigenvalue weighted by molar-refractivity contribution is -0.133. The molecule has 0 atom stereocenters. The van der Waals surface area contributed by atoms with Gasteiger partial charge < -0.3 is 14.6 Å². The summed E-state index contributed by atoms with van der Waals surface area (Å²) in [5.74, 6) is 1.49. The van der Waals surface area contributed by atoms with E-state index >= 15 is 0 Å². The Morgan fingerprint density at radius 3 is 3.00 bits per heavy atom. The highest BCUT2D eigenvalue weighted by Crippen LogP contribution is 2.33. The van der Waals surface area contributed by atoms with Gasteiger partial charge in [0.05, 0.1) is 5.75 Å². The molecular formula is C10H10O4S. The van der Waals surface area contributed by atoms with E-state index < -0.39 is 5.97 Å². The lowest BCUT2D eigenvalue weighted by Gasteiger charge is -2.01. The molecule has 0 aromatic heterocycles. The van der Waals surface area contributed by atoms with Gasteiger partial charge >= 0.3 is 5.97 Å². The number of ether oxygens (including phenoxy) is 2. The average molecular weight is 226 g/mol. The van der Waals surface area contributed by atoms with E-state index in [1.54, 1.807) is 0 Å². The molecule has 0 saturated carbocycles. The first-order valence-corrected chi connectivity index (χ1v) is 5.59. The van der Waals surface area contributed by atoms with Gasteiger partial charge in [0.25, 0.3) is 0 Å². The molecule has 1 aromatic rings. The van der Waals surface area contributed by atoms with Crippen molar-refractivity contribution in [2.24, 2.45) is 0 Å². The Hall–Kier alpha value is -1.36. The summed E-state index contributed by atoms with van der Waals surface area (Å²) in [4.78, 5) is 10.3. The van der Waals surface area contributed by atoms with Crippen LogP contribution in [-0.4, -0.2) is 23.6 Å². The van der Waals surface area contributed by atoms with Crippen LogP contribution in [0, 0.1) is 0 Å². The molecule has 0 amide bonds. The Balaban J connectivity index is 1.95. The fourth-order valence-electron chi connectivity index (χ4n) is 1.29. The normalized spacial score (nSPS) is 12.8. The van der Waals surface area contributed by atoms with Crippen LogP contribution >= 0.6 is 11.8 Å². The summed E-state index contributed by atoms with van der Waals surface area (Å²) in [5.41, 5.74) is 1.05. The van der Waals surface area contributed by atoms with Gasteiger partial charge in [0.2, 0.25) is 6.79 Å². The highest BCUT2D eigenvalue weighted by molar-refractivity contribution is 7.99. The lowest BCUT2D eigenvalue weighted by Crippen LogP contribution is -1.98. The maximum atomic E-state index is 10.3. The largest absolute Gasteiger partial charge is 0.481 e. The first-order valence-electron chi connectivity index (χ1n) is 4.44.